The molecule has 0 aliphatic heterocycles. The first kappa shape index (κ1) is 17.7. The number of amides is 1. The molecule has 3 nitrogen and oxygen atoms in total. The van der Waals surface area contributed by atoms with Gasteiger partial charge in [0.15, 0.2) is 0 Å². The van der Waals surface area contributed by atoms with Gasteiger partial charge in [0.05, 0.1) is 18.4 Å². The van der Waals surface area contributed by atoms with Gasteiger partial charge in [-0.15, -0.1) is 11.8 Å². The topological polar surface area (TPSA) is 38.3 Å². The SMILES string of the molecule is COc1ccc([C@H](C)NC(=O)[C@@H](C)Sc2ccc(Cl)cc2)cc1. The summed E-state index contributed by atoms with van der Waals surface area (Å²) in [6.45, 7) is 3.87. The van der Waals surface area contributed by atoms with E-state index in [9.17, 15) is 4.79 Å². The molecular weight excluding hydrogens is 330 g/mol. The maximum atomic E-state index is 12.3. The number of carbonyl (C=O) groups is 1. The van der Waals surface area contributed by atoms with Crippen molar-refractivity contribution in [2.45, 2.75) is 30.0 Å². The summed E-state index contributed by atoms with van der Waals surface area (Å²) < 4.78 is 5.14. The number of nitrogens with one attached hydrogen (secondary N) is 1. The lowest BCUT2D eigenvalue weighted by Crippen LogP contribution is -2.33. The molecule has 0 saturated heterocycles. The molecule has 0 aliphatic rings. The van der Waals surface area contributed by atoms with Crippen LogP contribution in [0.4, 0.5) is 0 Å². The largest absolute Gasteiger partial charge is 0.497 e. The Kier molecular flexibility index (Phi) is 6.37. The Morgan fingerprint density at radius 1 is 1.09 bits per heavy atom. The molecule has 122 valence electrons. The lowest BCUT2D eigenvalue weighted by Gasteiger charge is -2.18. The summed E-state index contributed by atoms with van der Waals surface area (Å²) in [7, 11) is 1.63. The molecule has 0 spiro atoms. The van der Waals surface area contributed by atoms with Crippen LogP contribution >= 0.6 is 23.4 Å². The molecular formula is C18H20ClNO2S. The van der Waals surface area contributed by atoms with Gasteiger partial charge in [-0.3, -0.25) is 4.79 Å². The lowest BCUT2D eigenvalue weighted by atomic mass is 10.1. The average Bonchev–Trinajstić information content (AvgIpc) is 2.56. The van der Waals surface area contributed by atoms with Crippen LogP contribution in [0.3, 0.4) is 0 Å². The van der Waals surface area contributed by atoms with Crippen molar-refractivity contribution in [3.63, 3.8) is 0 Å². The summed E-state index contributed by atoms with van der Waals surface area (Å²) in [5, 5.41) is 3.55. The number of thioether (sulfide) groups is 1. The van der Waals surface area contributed by atoms with Gasteiger partial charge in [-0.25, -0.2) is 0 Å². The van der Waals surface area contributed by atoms with Crippen LogP contribution in [0.25, 0.3) is 0 Å². The van der Waals surface area contributed by atoms with Gasteiger partial charge < -0.3 is 10.1 Å². The van der Waals surface area contributed by atoms with Gasteiger partial charge in [-0.2, -0.15) is 0 Å². The van der Waals surface area contributed by atoms with Gasteiger partial charge in [-0.05, 0) is 55.8 Å². The van der Waals surface area contributed by atoms with Crippen LogP contribution in [0.5, 0.6) is 5.75 Å². The molecule has 2 atom stereocenters. The molecule has 0 radical (unpaired) electrons. The Labute approximate surface area is 146 Å². The molecule has 1 N–H and O–H groups in total. The standard InChI is InChI=1S/C18H20ClNO2S/c1-12(14-4-8-16(22-3)9-5-14)20-18(21)13(2)23-17-10-6-15(19)7-11-17/h4-13H,1-3H3,(H,20,21)/t12-,13+/m0/s1. The average molecular weight is 350 g/mol. The van der Waals surface area contributed by atoms with E-state index in [1.54, 1.807) is 7.11 Å². The van der Waals surface area contributed by atoms with Crippen LogP contribution in [0.15, 0.2) is 53.4 Å². The van der Waals surface area contributed by atoms with Crippen LogP contribution in [-0.2, 0) is 4.79 Å². The van der Waals surface area contributed by atoms with Crippen molar-refractivity contribution in [1.29, 1.82) is 0 Å². The highest BCUT2D eigenvalue weighted by Crippen LogP contribution is 2.25. The number of hydrogen-bond acceptors (Lipinski definition) is 3. The Morgan fingerprint density at radius 2 is 1.70 bits per heavy atom. The third-order valence-electron chi connectivity index (χ3n) is 3.47. The predicted molar refractivity (Wildman–Crippen MR) is 96.3 cm³/mol. The number of ether oxygens (including phenoxy) is 1. The number of carbonyl (C=O) groups excluding carboxylic acids is 1. The molecule has 0 aromatic heterocycles. The second-order valence-corrected chi connectivity index (χ2v) is 7.07. The number of hydrogen-bond donors (Lipinski definition) is 1. The fourth-order valence-corrected chi connectivity index (χ4v) is 3.08. The fraction of sp³-hybridized carbons (Fsp3) is 0.278. The maximum absolute atomic E-state index is 12.3. The van der Waals surface area contributed by atoms with Gasteiger partial charge in [0.2, 0.25) is 5.91 Å². The van der Waals surface area contributed by atoms with E-state index in [1.165, 1.54) is 11.8 Å². The minimum atomic E-state index is -0.183. The third kappa shape index (κ3) is 5.19. The molecule has 2 rings (SSSR count). The number of rotatable bonds is 6. The summed E-state index contributed by atoms with van der Waals surface area (Å²) >= 11 is 7.38. The van der Waals surface area contributed by atoms with E-state index in [0.717, 1.165) is 16.2 Å². The minimum Gasteiger partial charge on any atom is -0.497 e. The molecule has 23 heavy (non-hydrogen) atoms. The highest BCUT2D eigenvalue weighted by Gasteiger charge is 2.17. The van der Waals surface area contributed by atoms with Crippen molar-refractivity contribution in [3.05, 3.63) is 59.1 Å². The number of halogens is 1. The van der Waals surface area contributed by atoms with Crippen LogP contribution in [0.2, 0.25) is 5.02 Å². The van der Waals surface area contributed by atoms with E-state index >= 15 is 0 Å². The third-order valence-corrected chi connectivity index (χ3v) is 4.83. The van der Waals surface area contributed by atoms with E-state index in [2.05, 4.69) is 5.32 Å². The smallest absolute Gasteiger partial charge is 0.233 e. The van der Waals surface area contributed by atoms with E-state index in [1.807, 2.05) is 62.4 Å². The summed E-state index contributed by atoms with van der Waals surface area (Å²) in [6.07, 6.45) is 0. The summed E-state index contributed by atoms with van der Waals surface area (Å²) in [6, 6.07) is 15.1. The fourth-order valence-electron chi connectivity index (χ4n) is 2.08. The quantitative estimate of drug-likeness (QED) is 0.768. The second-order valence-electron chi connectivity index (χ2n) is 5.22. The van der Waals surface area contributed by atoms with Gasteiger partial charge in [0, 0.05) is 9.92 Å². The zero-order valence-corrected chi connectivity index (χ0v) is 14.9. The van der Waals surface area contributed by atoms with Crippen LogP contribution in [0, 0.1) is 0 Å². The summed E-state index contributed by atoms with van der Waals surface area (Å²) in [4.78, 5) is 13.4. The molecule has 5 heteroatoms. The van der Waals surface area contributed by atoms with Gasteiger partial charge in [-0.1, -0.05) is 23.7 Å². The summed E-state index contributed by atoms with van der Waals surface area (Å²) in [5.74, 6) is 0.812. The van der Waals surface area contributed by atoms with Crippen molar-refractivity contribution >= 4 is 29.3 Å². The van der Waals surface area contributed by atoms with Gasteiger partial charge in [0.1, 0.15) is 5.75 Å². The van der Waals surface area contributed by atoms with Crippen molar-refractivity contribution in [3.8, 4) is 5.75 Å². The first-order chi connectivity index (χ1) is 11.0. The van der Waals surface area contributed by atoms with Crippen LogP contribution in [-0.4, -0.2) is 18.3 Å². The van der Waals surface area contributed by atoms with Crippen LogP contribution in [0.1, 0.15) is 25.5 Å². The lowest BCUT2D eigenvalue weighted by molar-refractivity contribution is -0.120. The first-order valence-corrected chi connectivity index (χ1v) is 8.62. The van der Waals surface area contributed by atoms with Crippen molar-refractivity contribution in [2.24, 2.45) is 0 Å². The zero-order chi connectivity index (χ0) is 16.8. The van der Waals surface area contributed by atoms with Crippen LogP contribution < -0.4 is 10.1 Å². The molecule has 0 saturated carbocycles. The normalized spacial score (nSPS) is 13.2. The minimum absolute atomic E-state index is 0.00766. The van der Waals surface area contributed by atoms with E-state index in [4.69, 9.17) is 16.3 Å². The molecule has 2 aromatic rings. The highest BCUT2D eigenvalue weighted by atomic mass is 35.5. The van der Waals surface area contributed by atoms with Crippen molar-refractivity contribution in [1.82, 2.24) is 5.32 Å². The van der Waals surface area contributed by atoms with Gasteiger partial charge >= 0.3 is 0 Å². The Morgan fingerprint density at radius 3 is 2.26 bits per heavy atom. The van der Waals surface area contributed by atoms with E-state index < -0.39 is 0 Å². The number of methoxy groups -OCH3 is 1. The first-order valence-electron chi connectivity index (χ1n) is 7.36. The summed E-state index contributed by atoms with van der Waals surface area (Å²) in [5.41, 5.74) is 1.04. The monoisotopic (exact) mass is 349 g/mol. The molecule has 1 amide bonds. The van der Waals surface area contributed by atoms with Crippen molar-refractivity contribution in [2.75, 3.05) is 7.11 Å². The Hall–Kier alpha value is -1.65. The highest BCUT2D eigenvalue weighted by molar-refractivity contribution is 8.00. The molecule has 2 aromatic carbocycles. The maximum Gasteiger partial charge on any atom is 0.233 e. The Bertz CT molecular complexity index is 643. The predicted octanol–water partition coefficient (Wildman–Crippen LogP) is 4.71. The molecule has 0 bridgehead atoms. The molecule has 0 heterocycles. The zero-order valence-electron chi connectivity index (χ0n) is 13.4. The second kappa shape index (κ2) is 8.27. The van der Waals surface area contributed by atoms with Gasteiger partial charge in [0.25, 0.3) is 0 Å². The van der Waals surface area contributed by atoms with E-state index in [-0.39, 0.29) is 17.2 Å². The van der Waals surface area contributed by atoms with E-state index in [0.29, 0.717) is 5.02 Å². The molecule has 0 fully saturated rings. The number of benzene rings is 2. The Balaban J connectivity index is 1.92. The van der Waals surface area contributed by atoms with Crippen molar-refractivity contribution < 1.29 is 9.53 Å². The molecule has 0 aliphatic carbocycles. The molecule has 0 unspecified atom stereocenters.